The van der Waals surface area contributed by atoms with Gasteiger partial charge in [-0.3, -0.25) is 13.9 Å². The highest BCUT2D eigenvalue weighted by molar-refractivity contribution is 7.92. The third kappa shape index (κ3) is 7.09. The van der Waals surface area contributed by atoms with Crippen LogP contribution in [0, 0.1) is 13.8 Å². The Hall–Kier alpha value is -2.29. The second-order valence-electron chi connectivity index (χ2n) is 7.90. The zero-order valence-corrected chi connectivity index (χ0v) is 21.7. The maximum Gasteiger partial charge on any atom is 0.244 e. The van der Waals surface area contributed by atoms with E-state index in [9.17, 15) is 18.0 Å². The number of hydrogen-bond acceptors (Lipinski definition) is 4. The minimum atomic E-state index is -3.78. The average molecular weight is 514 g/mol. The lowest BCUT2D eigenvalue weighted by atomic mass is 10.1. The van der Waals surface area contributed by atoms with Gasteiger partial charge in [0, 0.05) is 13.1 Å². The molecule has 0 aliphatic heterocycles. The number of nitrogens with one attached hydrogen (secondary N) is 1. The van der Waals surface area contributed by atoms with Gasteiger partial charge < -0.3 is 10.2 Å². The number of hydrogen-bond donors (Lipinski definition) is 1. The summed E-state index contributed by atoms with van der Waals surface area (Å²) in [5.74, 6) is -0.866. The number of carbonyl (C=O) groups excluding carboxylic acids is 2. The molecule has 0 fully saturated rings. The van der Waals surface area contributed by atoms with E-state index in [0.717, 1.165) is 16.1 Å². The molecule has 2 amide bonds. The van der Waals surface area contributed by atoms with Crippen molar-refractivity contribution in [3.63, 3.8) is 0 Å². The molecule has 0 bridgehead atoms. The average Bonchev–Trinajstić information content (AvgIpc) is 2.73. The summed E-state index contributed by atoms with van der Waals surface area (Å²) in [4.78, 5) is 27.4. The fraction of sp³-hybridized carbons (Fsp3) is 0.391. The van der Waals surface area contributed by atoms with Crippen LogP contribution in [0.25, 0.3) is 0 Å². The van der Waals surface area contributed by atoms with Gasteiger partial charge in [0.15, 0.2) is 0 Å². The first-order valence-electron chi connectivity index (χ1n) is 10.4. The molecule has 10 heteroatoms. The lowest BCUT2D eigenvalue weighted by Crippen LogP contribution is -2.51. The lowest BCUT2D eigenvalue weighted by molar-refractivity contribution is -0.139. The molecule has 7 nitrogen and oxygen atoms in total. The largest absolute Gasteiger partial charge is 0.355 e. The predicted molar refractivity (Wildman–Crippen MR) is 133 cm³/mol. The van der Waals surface area contributed by atoms with Gasteiger partial charge in [-0.25, -0.2) is 8.42 Å². The van der Waals surface area contributed by atoms with Crippen LogP contribution in [0.4, 0.5) is 5.69 Å². The fourth-order valence-electron chi connectivity index (χ4n) is 3.32. The van der Waals surface area contributed by atoms with Crippen LogP contribution in [0.15, 0.2) is 36.4 Å². The molecule has 0 saturated heterocycles. The summed E-state index contributed by atoms with van der Waals surface area (Å²) in [6.45, 7) is 7.01. The molecule has 2 rings (SSSR count). The van der Waals surface area contributed by atoms with Crippen LogP contribution in [0.1, 0.15) is 30.5 Å². The molecule has 2 aromatic carbocycles. The molecule has 0 aliphatic carbocycles. The normalized spacial score (nSPS) is 12.2. The number of likely N-dealkylation sites (N-methyl/N-ethyl adjacent to an activating group) is 1. The van der Waals surface area contributed by atoms with E-state index in [1.54, 1.807) is 51.1 Å². The molecule has 2 aromatic rings. The van der Waals surface area contributed by atoms with Crippen molar-refractivity contribution in [2.75, 3.05) is 23.7 Å². The first-order valence-corrected chi connectivity index (χ1v) is 13.0. The van der Waals surface area contributed by atoms with Gasteiger partial charge in [-0.1, -0.05) is 41.4 Å². The quantitative estimate of drug-likeness (QED) is 0.550. The summed E-state index contributed by atoms with van der Waals surface area (Å²) >= 11 is 12.1. The van der Waals surface area contributed by atoms with Crippen LogP contribution in [-0.2, 0) is 26.2 Å². The Balaban J connectivity index is 2.45. The lowest BCUT2D eigenvalue weighted by Gasteiger charge is -2.32. The Morgan fingerprint density at radius 2 is 1.73 bits per heavy atom. The van der Waals surface area contributed by atoms with Crippen LogP contribution in [0.3, 0.4) is 0 Å². The van der Waals surface area contributed by atoms with Crippen molar-refractivity contribution in [3.05, 3.63) is 63.1 Å². The van der Waals surface area contributed by atoms with Crippen molar-refractivity contribution >= 4 is 50.7 Å². The smallest absolute Gasteiger partial charge is 0.244 e. The van der Waals surface area contributed by atoms with E-state index in [1.165, 1.54) is 4.90 Å². The number of aryl methyl sites for hydroxylation is 2. The topological polar surface area (TPSA) is 86.8 Å². The van der Waals surface area contributed by atoms with Crippen LogP contribution < -0.4 is 9.62 Å². The van der Waals surface area contributed by atoms with Gasteiger partial charge in [-0.15, -0.1) is 0 Å². The highest BCUT2D eigenvalue weighted by atomic mass is 35.5. The van der Waals surface area contributed by atoms with Crippen molar-refractivity contribution in [3.8, 4) is 0 Å². The first-order chi connectivity index (χ1) is 15.3. The predicted octanol–water partition coefficient (Wildman–Crippen LogP) is 3.93. The van der Waals surface area contributed by atoms with Gasteiger partial charge >= 0.3 is 0 Å². The molecule has 0 saturated carbocycles. The third-order valence-corrected chi connectivity index (χ3v) is 7.03. The highest BCUT2D eigenvalue weighted by Crippen LogP contribution is 2.26. The van der Waals surface area contributed by atoms with Gasteiger partial charge in [0.25, 0.3) is 0 Å². The van der Waals surface area contributed by atoms with Crippen molar-refractivity contribution in [1.29, 1.82) is 0 Å². The van der Waals surface area contributed by atoms with E-state index in [2.05, 4.69) is 5.32 Å². The zero-order valence-electron chi connectivity index (χ0n) is 19.4. The maximum atomic E-state index is 13.5. The Kier molecular flexibility index (Phi) is 9.17. The highest BCUT2D eigenvalue weighted by Gasteiger charge is 2.30. The Morgan fingerprint density at radius 1 is 1.06 bits per heavy atom. The summed E-state index contributed by atoms with van der Waals surface area (Å²) in [5, 5.41) is 3.40. The number of carbonyl (C=O) groups is 2. The number of halogens is 2. The van der Waals surface area contributed by atoms with Crippen molar-refractivity contribution in [2.45, 2.75) is 40.3 Å². The summed E-state index contributed by atoms with van der Waals surface area (Å²) in [6.07, 6.45) is 1.05. The Morgan fingerprint density at radius 3 is 2.30 bits per heavy atom. The van der Waals surface area contributed by atoms with E-state index >= 15 is 0 Å². The summed E-state index contributed by atoms with van der Waals surface area (Å²) in [6, 6.07) is 9.49. The van der Waals surface area contributed by atoms with Gasteiger partial charge in [-0.2, -0.15) is 0 Å². The van der Waals surface area contributed by atoms with E-state index in [1.807, 2.05) is 13.0 Å². The minimum Gasteiger partial charge on any atom is -0.355 e. The molecule has 33 heavy (non-hydrogen) atoms. The SMILES string of the molecule is CCNC(=O)C(C)N(Cc1ccc(Cl)c(Cl)c1)C(=O)CN(c1cc(C)ccc1C)S(C)(=O)=O. The van der Waals surface area contributed by atoms with Crippen LogP contribution in [-0.4, -0.2) is 50.5 Å². The molecule has 0 spiro atoms. The summed E-state index contributed by atoms with van der Waals surface area (Å²) in [5.41, 5.74) is 2.66. The Labute approximate surface area is 205 Å². The van der Waals surface area contributed by atoms with Crippen LogP contribution in [0.5, 0.6) is 0 Å². The van der Waals surface area contributed by atoms with Crippen molar-refractivity contribution < 1.29 is 18.0 Å². The molecule has 1 atom stereocenters. The Bertz CT molecular complexity index is 1140. The van der Waals surface area contributed by atoms with Gasteiger partial charge in [-0.05, 0) is 62.6 Å². The van der Waals surface area contributed by atoms with Gasteiger partial charge in [0.2, 0.25) is 21.8 Å². The number of nitrogens with zero attached hydrogens (tertiary/aromatic N) is 2. The number of rotatable bonds is 9. The molecular formula is C23H29Cl2N3O4S. The number of anilines is 1. The molecule has 0 aliphatic rings. The molecule has 0 aromatic heterocycles. The van der Waals surface area contributed by atoms with E-state index in [0.29, 0.717) is 33.4 Å². The maximum absolute atomic E-state index is 13.5. The summed E-state index contributed by atoms with van der Waals surface area (Å²) in [7, 11) is -3.78. The van der Waals surface area contributed by atoms with E-state index < -0.39 is 28.5 Å². The molecule has 180 valence electrons. The fourth-order valence-corrected chi connectivity index (χ4v) is 4.54. The molecule has 0 radical (unpaired) electrons. The van der Waals surface area contributed by atoms with Crippen molar-refractivity contribution in [1.82, 2.24) is 10.2 Å². The van der Waals surface area contributed by atoms with E-state index in [4.69, 9.17) is 23.2 Å². The van der Waals surface area contributed by atoms with Crippen LogP contribution in [0.2, 0.25) is 10.0 Å². The van der Waals surface area contributed by atoms with Gasteiger partial charge in [0.05, 0.1) is 22.0 Å². The standard InChI is InChI=1S/C23H29Cl2N3O4S/c1-6-26-23(30)17(4)27(13-18-9-10-19(24)20(25)12-18)22(29)14-28(33(5,31)32)21-11-15(2)7-8-16(21)3/h7-12,17H,6,13-14H2,1-5H3,(H,26,30). The van der Waals surface area contributed by atoms with Crippen molar-refractivity contribution in [2.24, 2.45) is 0 Å². The minimum absolute atomic E-state index is 0.0540. The summed E-state index contributed by atoms with van der Waals surface area (Å²) < 4.78 is 26.4. The first kappa shape index (κ1) is 27.0. The van der Waals surface area contributed by atoms with Gasteiger partial charge in [0.1, 0.15) is 12.6 Å². The third-order valence-electron chi connectivity index (χ3n) is 5.17. The molecule has 0 heterocycles. The molecule has 1 N–H and O–H groups in total. The molecular weight excluding hydrogens is 485 g/mol. The zero-order chi connectivity index (χ0) is 24.9. The number of benzene rings is 2. The second-order valence-corrected chi connectivity index (χ2v) is 10.6. The number of amides is 2. The van der Waals surface area contributed by atoms with Crippen LogP contribution >= 0.6 is 23.2 Å². The number of sulfonamides is 1. The monoisotopic (exact) mass is 513 g/mol. The second kappa shape index (κ2) is 11.2. The van der Waals surface area contributed by atoms with E-state index in [-0.39, 0.29) is 12.5 Å². The molecule has 1 unspecified atom stereocenters.